The van der Waals surface area contributed by atoms with Crippen LogP contribution in [0.2, 0.25) is 0 Å². The number of halogens is 1. The van der Waals surface area contributed by atoms with Crippen LogP contribution in [-0.2, 0) is 0 Å². The number of hydrogen-bond donors (Lipinski definition) is 2. The van der Waals surface area contributed by atoms with Crippen LogP contribution in [-0.4, -0.2) is 17.3 Å². The Balaban J connectivity index is 1.92. The molecule has 0 fully saturated rings. The Morgan fingerprint density at radius 1 is 1.24 bits per heavy atom. The molecule has 0 saturated carbocycles. The van der Waals surface area contributed by atoms with Gasteiger partial charge in [-0.05, 0) is 35.9 Å². The summed E-state index contributed by atoms with van der Waals surface area (Å²) in [6.45, 7) is 0. The van der Waals surface area contributed by atoms with Crippen molar-refractivity contribution in [3.8, 4) is 17.2 Å². The van der Waals surface area contributed by atoms with Crippen molar-refractivity contribution < 1.29 is 24.1 Å². The summed E-state index contributed by atoms with van der Waals surface area (Å²) in [5, 5.41) is 19.5. The van der Waals surface area contributed by atoms with Crippen molar-refractivity contribution in [1.82, 2.24) is 0 Å². The minimum atomic E-state index is -0.717. The Morgan fingerprint density at radius 3 is 2.76 bits per heavy atom. The summed E-state index contributed by atoms with van der Waals surface area (Å²) >= 11 is 0. The van der Waals surface area contributed by atoms with Crippen LogP contribution >= 0.6 is 0 Å². The molecule has 0 bridgehead atoms. The molecule has 0 saturated heterocycles. The molecule has 0 amide bonds. The van der Waals surface area contributed by atoms with Crippen molar-refractivity contribution in [2.45, 2.75) is 18.6 Å². The molecule has 0 radical (unpaired) electrons. The highest BCUT2D eigenvalue weighted by Gasteiger charge is 2.28. The third-order valence-corrected chi connectivity index (χ3v) is 3.63. The topological polar surface area (TPSA) is 58.9 Å². The van der Waals surface area contributed by atoms with Crippen LogP contribution in [0.25, 0.3) is 0 Å². The largest absolute Gasteiger partial charge is 0.505 e. The summed E-state index contributed by atoms with van der Waals surface area (Å²) in [5.41, 5.74) is 1.23. The van der Waals surface area contributed by atoms with Gasteiger partial charge in [-0.15, -0.1) is 0 Å². The lowest BCUT2D eigenvalue weighted by Crippen LogP contribution is -2.19. The summed E-state index contributed by atoms with van der Waals surface area (Å²) < 4.78 is 24.4. The maximum atomic E-state index is 13.4. The molecule has 0 spiro atoms. The Bertz CT molecular complexity index is 671. The van der Waals surface area contributed by atoms with Gasteiger partial charge >= 0.3 is 0 Å². The highest BCUT2D eigenvalue weighted by Crippen LogP contribution is 2.42. The van der Waals surface area contributed by atoms with E-state index in [2.05, 4.69) is 0 Å². The normalized spacial score (nSPS) is 20.5. The summed E-state index contributed by atoms with van der Waals surface area (Å²) in [5.74, 6) is 0.0879. The van der Waals surface area contributed by atoms with Gasteiger partial charge in [-0.3, -0.25) is 0 Å². The quantitative estimate of drug-likeness (QED) is 0.892. The van der Waals surface area contributed by atoms with Crippen LogP contribution in [0.3, 0.4) is 0 Å². The van der Waals surface area contributed by atoms with Crippen LogP contribution in [0, 0.1) is 5.82 Å². The number of aliphatic hydroxyl groups excluding tert-OH is 1. The van der Waals surface area contributed by atoms with Gasteiger partial charge in [-0.25, -0.2) is 4.39 Å². The molecule has 2 N–H and O–H groups in total. The zero-order valence-electron chi connectivity index (χ0n) is 11.4. The first-order valence-electron chi connectivity index (χ1n) is 6.59. The molecule has 1 aliphatic rings. The first-order valence-corrected chi connectivity index (χ1v) is 6.59. The van der Waals surface area contributed by atoms with Gasteiger partial charge < -0.3 is 19.7 Å². The van der Waals surface area contributed by atoms with Gasteiger partial charge in [0.05, 0.1) is 13.2 Å². The van der Waals surface area contributed by atoms with E-state index in [1.54, 1.807) is 31.4 Å². The number of aromatic hydroxyl groups is 1. The van der Waals surface area contributed by atoms with Crippen molar-refractivity contribution in [1.29, 1.82) is 0 Å². The number of rotatable bonds is 2. The fourth-order valence-corrected chi connectivity index (χ4v) is 2.48. The minimum absolute atomic E-state index is 0.310. The van der Waals surface area contributed by atoms with E-state index in [9.17, 15) is 14.6 Å². The maximum absolute atomic E-state index is 13.4. The summed E-state index contributed by atoms with van der Waals surface area (Å²) in [6, 6.07) is 9.29. The number of hydrogen-bond acceptors (Lipinski definition) is 4. The summed E-state index contributed by atoms with van der Waals surface area (Å²) in [7, 11) is 1.56. The smallest absolute Gasteiger partial charge is 0.165 e. The van der Waals surface area contributed by atoms with E-state index in [1.807, 2.05) is 0 Å². The molecule has 2 aromatic rings. The van der Waals surface area contributed by atoms with Crippen molar-refractivity contribution in [3.63, 3.8) is 0 Å². The molecule has 1 aliphatic heterocycles. The molecular weight excluding hydrogens is 275 g/mol. The zero-order chi connectivity index (χ0) is 15.0. The maximum Gasteiger partial charge on any atom is 0.165 e. The third-order valence-electron chi connectivity index (χ3n) is 3.63. The van der Waals surface area contributed by atoms with E-state index < -0.39 is 23.8 Å². The standard InChI is InChI=1S/C16H15FO4/c1-20-10-3-5-15-11(7-10)14(19)8-16(21-15)9-2-4-13(18)12(17)6-9/h2-7,14,16,18-19H,8H2,1H3. The Labute approximate surface area is 121 Å². The van der Waals surface area contributed by atoms with Crippen molar-refractivity contribution in [2.24, 2.45) is 0 Å². The molecule has 4 nitrogen and oxygen atoms in total. The first-order chi connectivity index (χ1) is 10.1. The lowest BCUT2D eigenvalue weighted by molar-refractivity contribution is 0.0653. The predicted octanol–water partition coefficient (Wildman–Crippen LogP) is 3.10. The summed E-state index contributed by atoms with van der Waals surface area (Å²) in [4.78, 5) is 0. The number of ether oxygens (including phenoxy) is 2. The second-order valence-corrected chi connectivity index (χ2v) is 4.97. The van der Waals surface area contributed by atoms with E-state index in [0.29, 0.717) is 29.0 Å². The van der Waals surface area contributed by atoms with Crippen molar-refractivity contribution in [3.05, 3.63) is 53.3 Å². The number of aliphatic hydroxyl groups is 1. The summed E-state index contributed by atoms with van der Waals surface area (Å²) in [6.07, 6.45) is -0.869. The number of fused-ring (bicyclic) bond motifs is 1. The van der Waals surface area contributed by atoms with Gasteiger partial charge in [0.1, 0.15) is 17.6 Å². The van der Waals surface area contributed by atoms with Gasteiger partial charge in [-0.1, -0.05) is 6.07 Å². The van der Waals surface area contributed by atoms with Crippen LogP contribution < -0.4 is 9.47 Å². The average molecular weight is 290 g/mol. The van der Waals surface area contributed by atoms with Crippen LogP contribution in [0.1, 0.15) is 29.8 Å². The minimum Gasteiger partial charge on any atom is -0.505 e. The first kappa shape index (κ1) is 13.7. The lowest BCUT2D eigenvalue weighted by Gasteiger charge is -2.30. The highest BCUT2D eigenvalue weighted by atomic mass is 19.1. The lowest BCUT2D eigenvalue weighted by atomic mass is 9.94. The third kappa shape index (κ3) is 2.52. The fourth-order valence-electron chi connectivity index (χ4n) is 2.48. The van der Waals surface area contributed by atoms with Gasteiger partial charge in [-0.2, -0.15) is 0 Å². The molecule has 2 unspecified atom stereocenters. The number of methoxy groups -OCH3 is 1. The van der Waals surface area contributed by atoms with Gasteiger partial charge in [0.15, 0.2) is 11.6 Å². The van der Waals surface area contributed by atoms with Crippen LogP contribution in [0.5, 0.6) is 17.2 Å². The SMILES string of the molecule is COc1ccc2c(c1)C(O)CC(c1ccc(O)c(F)c1)O2. The zero-order valence-corrected chi connectivity index (χ0v) is 11.4. The monoisotopic (exact) mass is 290 g/mol. The number of phenols is 1. The average Bonchev–Trinajstić information content (AvgIpc) is 2.49. The molecule has 1 heterocycles. The van der Waals surface area contributed by atoms with E-state index >= 15 is 0 Å². The number of phenolic OH excluding ortho intramolecular Hbond substituents is 1. The Kier molecular flexibility index (Phi) is 3.43. The highest BCUT2D eigenvalue weighted by molar-refractivity contribution is 5.44. The van der Waals surface area contributed by atoms with Gasteiger partial charge in [0, 0.05) is 12.0 Å². The molecule has 0 aromatic heterocycles. The van der Waals surface area contributed by atoms with E-state index in [-0.39, 0.29) is 0 Å². The molecular formula is C16H15FO4. The molecule has 2 aromatic carbocycles. The van der Waals surface area contributed by atoms with E-state index in [1.165, 1.54) is 12.1 Å². The Hall–Kier alpha value is -2.27. The van der Waals surface area contributed by atoms with Crippen molar-refractivity contribution >= 4 is 0 Å². The molecule has 3 rings (SSSR count). The second kappa shape index (κ2) is 5.26. The van der Waals surface area contributed by atoms with Crippen LogP contribution in [0.4, 0.5) is 4.39 Å². The molecule has 2 atom stereocenters. The number of benzene rings is 2. The Morgan fingerprint density at radius 2 is 2.05 bits per heavy atom. The molecule has 0 aliphatic carbocycles. The molecule has 21 heavy (non-hydrogen) atoms. The van der Waals surface area contributed by atoms with Gasteiger partial charge in [0.25, 0.3) is 0 Å². The van der Waals surface area contributed by atoms with E-state index in [4.69, 9.17) is 9.47 Å². The van der Waals surface area contributed by atoms with Crippen molar-refractivity contribution in [2.75, 3.05) is 7.11 Å². The molecule has 5 heteroatoms. The van der Waals surface area contributed by atoms with Gasteiger partial charge in [0.2, 0.25) is 0 Å². The van der Waals surface area contributed by atoms with E-state index in [0.717, 1.165) is 0 Å². The van der Waals surface area contributed by atoms with Crippen LogP contribution in [0.15, 0.2) is 36.4 Å². The fraction of sp³-hybridized carbons (Fsp3) is 0.250. The second-order valence-electron chi connectivity index (χ2n) is 4.97. The predicted molar refractivity (Wildman–Crippen MR) is 74.0 cm³/mol. The molecule has 110 valence electrons.